The maximum absolute atomic E-state index is 9.58. The van der Waals surface area contributed by atoms with Crippen LogP contribution in [0.1, 0.15) is 20.6 Å². The first kappa shape index (κ1) is 16.4. The number of benzene rings is 8. The smallest absolute Gasteiger partial charge is 0.164 e. The molecule has 0 atom stereocenters. The molecule has 0 fully saturated rings. The van der Waals surface area contributed by atoms with Gasteiger partial charge in [0.05, 0.1) is 20.6 Å². The Morgan fingerprint density at radius 1 is 0.292 bits per heavy atom. The lowest BCUT2D eigenvalue weighted by Crippen LogP contribution is -2.00. The van der Waals surface area contributed by atoms with Crippen molar-refractivity contribution in [3.8, 4) is 56.4 Å². The molecule has 3 heteroatoms. The Kier molecular flexibility index (Phi) is 4.01. The summed E-state index contributed by atoms with van der Waals surface area (Å²) in [6, 6.07) is 15.6. The number of hydrogen-bond donors (Lipinski definition) is 0. The van der Waals surface area contributed by atoms with Gasteiger partial charge in [0.1, 0.15) is 0 Å². The van der Waals surface area contributed by atoms with E-state index in [1.54, 1.807) is 24.3 Å². The Morgan fingerprint density at radius 2 is 0.667 bits per heavy atom. The minimum atomic E-state index is -0.775. The number of hydrogen-bond acceptors (Lipinski definition) is 3. The van der Waals surface area contributed by atoms with E-state index in [1.165, 1.54) is 0 Å². The fourth-order valence-corrected chi connectivity index (χ4v) is 5.61. The predicted molar refractivity (Wildman–Crippen MR) is 200 cm³/mol. The van der Waals surface area contributed by atoms with Gasteiger partial charge < -0.3 is 0 Å². The molecule has 3 nitrogen and oxygen atoms in total. The van der Waals surface area contributed by atoms with Gasteiger partial charge in [-0.3, -0.25) is 0 Å². The van der Waals surface area contributed by atoms with Crippen LogP contribution in [0.5, 0.6) is 0 Å². The molecule has 48 heavy (non-hydrogen) atoms. The van der Waals surface area contributed by atoms with E-state index < -0.39 is 102 Å². The molecule has 0 aliphatic rings. The van der Waals surface area contributed by atoms with Gasteiger partial charge in [0.15, 0.2) is 17.5 Å². The quantitative estimate of drug-likeness (QED) is 0.178. The van der Waals surface area contributed by atoms with E-state index in [0.29, 0.717) is 11.1 Å². The molecule has 1 heterocycles. The second-order valence-corrected chi connectivity index (χ2v) is 10.9. The molecular weight excluding hydrogens is 583 g/mol. The first-order valence-corrected chi connectivity index (χ1v) is 15.0. The molecule has 0 saturated heterocycles. The number of nitrogens with zero attached hydrogens (tertiary/aromatic N) is 3. The monoisotopic (exact) mass is 626 g/mol. The first-order chi connectivity index (χ1) is 30.0. The zero-order valence-corrected chi connectivity index (χ0v) is 24.9. The van der Waals surface area contributed by atoms with E-state index >= 15 is 0 Å². The summed E-state index contributed by atoms with van der Waals surface area (Å²) in [5, 5.41) is -2.17. The summed E-state index contributed by atoms with van der Waals surface area (Å²) in [6.07, 6.45) is 0. The second-order valence-electron chi connectivity index (χ2n) is 10.9. The number of fused-ring (bicyclic) bond motifs is 6. The molecule has 8 aromatic carbocycles. The van der Waals surface area contributed by atoms with Crippen LogP contribution in [0.2, 0.25) is 0 Å². The van der Waals surface area contributed by atoms with Crippen LogP contribution in [0.3, 0.4) is 0 Å². The zero-order chi connectivity index (χ0) is 44.9. The molecule has 0 spiro atoms. The highest BCUT2D eigenvalue weighted by molar-refractivity contribution is 6.25. The van der Waals surface area contributed by atoms with Gasteiger partial charge in [-0.2, -0.15) is 0 Å². The summed E-state index contributed by atoms with van der Waals surface area (Å²) in [7, 11) is 0. The van der Waals surface area contributed by atoms with E-state index in [0.717, 1.165) is 11.1 Å². The molecule has 0 radical (unpaired) electrons. The highest BCUT2D eigenvalue weighted by Crippen LogP contribution is 2.37. The van der Waals surface area contributed by atoms with E-state index in [9.17, 15) is 9.60 Å². The second kappa shape index (κ2) is 11.7. The van der Waals surface area contributed by atoms with Crippen LogP contribution in [0.25, 0.3) is 88.7 Å². The zero-order valence-electron chi connectivity index (χ0n) is 39.9. The average Bonchev–Trinajstić information content (AvgIpc) is 3.30. The molecule has 9 rings (SSSR count). The SMILES string of the molecule is [2H]c1c([2H])c(-c2c([2H])c([2H])c3c4c([2H])c([2H])c([2H])c([2H])c4c4c([2H])c([2H])c([2H])c([2H])c4c3c2[2H])c([2H])c([2H])c1-c1nc(-c2ccccc2)nc(-c2ccc(-c3ccccc3)cc2)n1. The third-order valence-electron chi connectivity index (χ3n) is 7.95. The summed E-state index contributed by atoms with van der Waals surface area (Å²) in [4.78, 5) is 14.0. The van der Waals surface area contributed by atoms with Crippen molar-refractivity contribution in [2.45, 2.75) is 0 Å². The third-order valence-corrected chi connectivity index (χ3v) is 7.95. The van der Waals surface area contributed by atoms with Gasteiger partial charge in [-0.25, -0.2) is 15.0 Å². The molecule has 0 saturated carbocycles. The van der Waals surface area contributed by atoms with Crippen molar-refractivity contribution in [3.05, 3.63) is 176 Å². The molecular formula is C45H29N3. The fraction of sp³-hybridized carbons (Fsp3) is 0. The van der Waals surface area contributed by atoms with Crippen LogP contribution in [0.15, 0.2) is 176 Å². The highest BCUT2D eigenvalue weighted by Gasteiger charge is 2.14. The van der Waals surface area contributed by atoms with E-state index in [1.807, 2.05) is 60.7 Å². The topological polar surface area (TPSA) is 38.7 Å². The van der Waals surface area contributed by atoms with Crippen molar-refractivity contribution >= 4 is 32.3 Å². The Balaban J connectivity index is 1.33. The molecule has 0 N–H and O–H groups in total. The van der Waals surface area contributed by atoms with Crippen LogP contribution >= 0.6 is 0 Å². The fourth-order valence-electron chi connectivity index (χ4n) is 5.61. The van der Waals surface area contributed by atoms with Gasteiger partial charge in [0.2, 0.25) is 0 Å². The van der Waals surface area contributed by atoms with Gasteiger partial charge in [-0.1, -0.05) is 170 Å². The van der Waals surface area contributed by atoms with Gasteiger partial charge in [-0.05, 0) is 60.6 Å². The van der Waals surface area contributed by atoms with Crippen molar-refractivity contribution in [2.24, 2.45) is 0 Å². The van der Waals surface area contributed by atoms with Crippen LogP contribution in [0, 0.1) is 0 Å². The molecule has 0 aliphatic heterocycles. The van der Waals surface area contributed by atoms with Crippen LogP contribution in [0.4, 0.5) is 0 Å². The van der Waals surface area contributed by atoms with E-state index in [-0.39, 0.29) is 55.4 Å². The average molecular weight is 627 g/mol. The van der Waals surface area contributed by atoms with Crippen molar-refractivity contribution < 1.29 is 20.6 Å². The van der Waals surface area contributed by atoms with Crippen molar-refractivity contribution in [2.75, 3.05) is 0 Å². The van der Waals surface area contributed by atoms with Crippen molar-refractivity contribution in [3.63, 3.8) is 0 Å². The first-order valence-electron chi connectivity index (χ1n) is 22.5. The van der Waals surface area contributed by atoms with Gasteiger partial charge >= 0.3 is 0 Å². The standard InChI is InChI=1S/C45H29N3/c1-3-11-30(12-4-1)31-19-23-34(24-20-31)44-46-43(33-13-5-2-6-14-33)47-45(48-44)35-25-21-32(22-26-35)36-27-28-41-39-17-8-7-15-37(39)38-16-9-10-18-40(38)42(41)29-36/h1-29H/i7D,8D,9D,10D,15D,16D,17D,18D,21D,22D,25D,26D,27D,28D,29D. The van der Waals surface area contributed by atoms with Gasteiger partial charge in [0.25, 0.3) is 0 Å². The Hall–Kier alpha value is -6.45. The Labute approximate surface area is 299 Å². The maximum atomic E-state index is 9.58. The Morgan fingerprint density at radius 3 is 1.23 bits per heavy atom. The molecule has 224 valence electrons. The summed E-state index contributed by atoms with van der Waals surface area (Å²) >= 11 is 0. The van der Waals surface area contributed by atoms with E-state index in [4.69, 9.17) is 16.0 Å². The summed E-state index contributed by atoms with van der Waals surface area (Å²) in [5.41, 5.74) is 1.63. The van der Waals surface area contributed by atoms with Gasteiger partial charge in [0, 0.05) is 16.7 Å². The van der Waals surface area contributed by atoms with Crippen LogP contribution < -0.4 is 0 Å². The summed E-state index contributed by atoms with van der Waals surface area (Å²) < 4.78 is 134. The maximum Gasteiger partial charge on any atom is 0.164 e. The number of rotatable bonds is 5. The molecule has 0 amide bonds. The molecule has 1 aromatic heterocycles. The summed E-state index contributed by atoms with van der Waals surface area (Å²) in [6.45, 7) is 0. The third kappa shape index (κ3) is 4.99. The minimum absolute atomic E-state index is 0.177. The van der Waals surface area contributed by atoms with Crippen LogP contribution in [-0.4, -0.2) is 15.0 Å². The molecule has 0 unspecified atom stereocenters. The highest BCUT2D eigenvalue weighted by atomic mass is 15.0. The largest absolute Gasteiger partial charge is 0.208 e. The Bertz CT molecular complexity index is 3360. The molecule has 9 aromatic rings. The van der Waals surface area contributed by atoms with Crippen molar-refractivity contribution in [1.82, 2.24) is 15.0 Å². The van der Waals surface area contributed by atoms with Crippen LogP contribution in [-0.2, 0) is 0 Å². The molecule has 0 bridgehead atoms. The lowest BCUT2D eigenvalue weighted by Gasteiger charge is -2.12. The lowest BCUT2D eigenvalue weighted by molar-refractivity contribution is 1.07. The van der Waals surface area contributed by atoms with Gasteiger partial charge in [-0.15, -0.1) is 0 Å². The van der Waals surface area contributed by atoms with E-state index in [2.05, 4.69) is 9.97 Å². The molecule has 0 aliphatic carbocycles. The van der Waals surface area contributed by atoms with Crippen molar-refractivity contribution in [1.29, 1.82) is 0 Å². The number of aromatic nitrogens is 3. The lowest BCUT2D eigenvalue weighted by atomic mass is 9.92. The normalized spacial score (nSPS) is 15.7. The predicted octanol–water partition coefficient (Wildman–Crippen LogP) is 11.7. The summed E-state index contributed by atoms with van der Waals surface area (Å²) in [5.74, 6) is 0.158. The minimum Gasteiger partial charge on any atom is -0.208 e.